The molecular weight excluding hydrogens is 568 g/mol. The van der Waals surface area contributed by atoms with Crippen LogP contribution >= 0.6 is 11.8 Å². The molecule has 220 valence electrons. The van der Waals surface area contributed by atoms with Crippen molar-refractivity contribution in [2.45, 2.75) is 41.0 Å². The predicted molar refractivity (Wildman–Crippen MR) is 145 cm³/mol. The lowest BCUT2D eigenvalue weighted by atomic mass is 9.97. The smallest absolute Gasteiger partial charge is 0.381 e. The van der Waals surface area contributed by atoms with Crippen LogP contribution in [0.1, 0.15) is 24.0 Å². The third kappa shape index (κ3) is 6.90. The maximum atomic E-state index is 14.5. The predicted octanol–water partition coefficient (Wildman–Crippen LogP) is 6.68. The molecule has 5 rings (SSSR count). The van der Waals surface area contributed by atoms with Crippen LogP contribution in [0.5, 0.6) is 0 Å². The van der Waals surface area contributed by atoms with Crippen molar-refractivity contribution in [2.75, 3.05) is 56.7 Å². The molecule has 0 amide bonds. The molecule has 13 heteroatoms. The summed E-state index contributed by atoms with van der Waals surface area (Å²) >= 11 is 0.669. The van der Waals surface area contributed by atoms with Crippen molar-refractivity contribution in [3.63, 3.8) is 0 Å². The van der Waals surface area contributed by atoms with Gasteiger partial charge in [0.25, 0.3) is 0 Å². The summed E-state index contributed by atoms with van der Waals surface area (Å²) in [4.78, 5) is 11.9. The Bertz CT molecular complexity index is 1350. The minimum atomic E-state index is -5.30. The first-order chi connectivity index (χ1) is 19.5. The number of para-hydroxylation sites is 1. The summed E-state index contributed by atoms with van der Waals surface area (Å²) in [5, 5.41) is 3.39. The lowest BCUT2D eigenvalue weighted by Gasteiger charge is -2.30. The molecule has 1 aromatic heterocycles. The van der Waals surface area contributed by atoms with E-state index in [1.807, 2.05) is 7.05 Å². The Balaban J connectivity index is 1.55. The zero-order valence-electron chi connectivity index (χ0n) is 22.2. The Morgan fingerprint density at radius 3 is 2.22 bits per heavy atom. The number of anilines is 2. The normalized spacial score (nSPS) is 17.6. The molecule has 0 bridgehead atoms. The molecule has 0 radical (unpaired) electrons. The number of piperidine rings is 1. The van der Waals surface area contributed by atoms with Crippen LogP contribution in [-0.2, 0) is 17.1 Å². The second-order valence-electron chi connectivity index (χ2n) is 10.0. The van der Waals surface area contributed by atoms with Crippen LogP contribution in [0.25, 0.3) is 11.3 Å². The van der Waals surface area contributed by atoms with Gasteiger partial charge >= 0.3 is 12.4 Å². The van der Waals surface area contributed by atoms with Crippen LogP contribution in [-0.4, -0.2) is 67.4 Å². The summed E-state index contributed by atoms with van der Waals surface area (Å²) in [5.41, 5.74) is -3.79. The number of benzene rings is 2. The maximum absolute atomic E-state index is 14.5. The van der Waals surface area contributed by atoms with Gasteiger partial charge in [-0.15, -0.1) is 0 Å². The highest BCUT2D eigenvalue weighted by atomic mass is 32.2. The van der Waals surface area contributed by atoms with E-state index >= 15 is 0 Å². The Kier molecular flexibility index (Phi) is 8.67. The van der Waals surface area contributed by atoms with E-state index in [2.05, 4.69) is 20.2 Å². The quantitative estimate of drug-likeness (QED) is 0.319. The van der Waals surface area contributed by atoms with Crippen LogP contribution in [0.3, 0.4) is 0 Å². The van der Waals surface area contributed by atoms with E-state index in [1.54, 1.807) is 29.2 Å². The number of morpholine rings is 1. The molecule has 0 aliphatic carbocycles. The minimum Gasteiger partial charge on any atom is -0.381 e. The average molecular weight is 598 g/mol. The fraction of sp³-hybridized carbons (Fsp3) is 0.429. The molecule has 6 nitrogen and oxygen atoms in total. The maximum Gasteiger partial charge on any atom is 0.418 e. The number of hydrogen-bond donors (Lipinski definition) is 1. The van der Waals surface area contributed by atoms with Gasteiger partial charge in [-0.25, -0.2) is 9.97 Å². The lowest BCUT2D eigenvalue weighted by molar-refractivity contribution is -0.163. The van der Waals surface area contributed by atoms with Crippen molar-refractivity contribution in [3.8, 4) is 11.3 Å². The van der Waals surface area contributed by atoms with E-state index in [0.29, 0.717) is 54.5 Å². The fourth-order valence-electron chi connectivity index (χ4n) is 5.08. The van der Waals surface area contributed by atoms with Crippen molar-refractivity contribution in [3.05, 3.63) is 59.9 Å². The summed E-state index contributed by atoms with van der Waals surface area (Å²) in [5.74, 6) is 0.326. The highest BCUT2D eigenvalue weighted by Crippen LogP contribution is 2.50. The number of halogens is 6. The molecule has 2 aromatic carbocycles. The summed E-state index contributed by atoms with van der Waals surface area (Å²) in [7, 11) is 2.02. The minimum absolute atomic E-state index is 0.113. The molecule has 3 aromatic rings. The highest BCUT2D eigenvalue weighted by molar-refractivity contribution is 7.99. The van der Waals surface area contributed by atoms with E-state index < -0.39 is 33.9 Å². The van der Waals surface area contributed by atoms with Crippen molar-refractivity contribution in [1.29, 1.82) is 0 Å². The highest BCUT2D eigenvalue weighted by Gasteiger charge is 2.47. The molecule has 2 saturated heterocycles. The molecule has 3 heterocycles. The number of nitrogens with one attached hydrogen (secondary N) is 1. The summed E-state index contributed by atoms with van der Waals surface area (Å²) in [6.45, 7) is 3.47. The average Bonchev–Trinajstić information content (AvgIpc) is 2.94. The Hall–Kier alpha value is -3.03. The summed E-state index contributed by atoms with van der Waals surface area (Å²) < 4.78 is 92.5. The van der Waals surface area contributed by atoms with Crippen LogP contribution in [0, 0.1) is 0 Å². The first-order valence-corrected chi connectivity index (χ1v) is 14.0. The van der Waals surface area contributed by atoms with Crippen molar-refractivity contribution in [2.24, 2.45) is 0 Å². The van der Waals surface area contributed by atoms with Crippen LogP contribution in [0.15, 0.2) is 58.6 Å². The zero-order chi connectivity index (χ0) is 29.2. The molecule has 0 atom stereocenters. The monoisotopic (exact) mass is 597 g/mol. The van der Waals surface area contributed by atoms with E-state index in [1.165, 1.54) is 6.07 Å². The van der Waals surface area contributed by atoms with Gasteiger partial charge in [0, 0.05) is 46.2 Å². The molecular formula is C28H29F6N5OS. The van der Waals surface area contributed by atoms with Crippen molar-refractivity contribution < 1.29 is 31.1 Å². The summed E-state index contributed by atoms with van der Waals surface area (Å²) in [6, 6.07) is 10.3. The third-order valence-electron chi connectivity index (χ3n) is 7.18. The number of alkyl halides is 6. The number of hydrogen-bond acceptors (Lipinski definition) is 7. The largest absolute Gasteiger partial charge is 0.418 e. The standard InChI is InChI=1S/C28H29F6N5OS/c1-38-10-8-18(9-11-38)37-20-4-2-3-5-22(20)41-23-7-6-19(25(27(29,30)31)26(23)28(32,33)34)21-16-24(36-17-35-21)39-12-14-40-15-13-39/h2-7,16-18,37H,8-15H2,1H3. The van der Waals surface area contributed by atoms with Gasteiger partial charge < -0.3 is 19.9 Å². The first-order valence-electron chi connectivity index (χ1n) is 13.2. The number of ether oxygens (including phenoxy) is 1. The van der Waals surface area contributed by atoms with E-state index in [9.17, 15) is 26.3 Å². The van der Waals surface area contributed by atoms with E-state index in [0.717, 1.165) is 44.4 Å². The second kappa shape index (κ2) is 12.1. The Morgan fingerprint density at radius 1 is 0.854 bits per heavy atom. The molecule has 1 N–H and O–H groups in total. The molecule has 2 aliphatic rings. The summed E-state index contributed by atoms with van der Waals surface area (Å²) in [6.07, 6.45) is -7.81. The van der Waals surface area contributed by atoms with Crippen LogP contribution < -0.4 is 10.2 Å². The van der Waals surface area contributed by atoms with Gasteiger partial charge in [-0.3, -0.25) is 0 Å². The molecule has 2 fully saturated rings. The van der Waals surface area contributed by atoms with Gasteiger partial charge in [0.2, 0.25) is 0 Å². The van der Waals surface area contributed by atoms with Gasteiger partial charge in [-0.1, -0.05) is 30.0 Å². The van der Waals surface area contributed by atoms with Gasteiger partial charge in [-0.05, 0) is 51.2 Å². The number of rotatable bonds is 6. The number of nitrogens with zero attached hydrogens (tertiary/aromatic N) is 4. The molecule has 41 heavy (non-hydrogen) atoms. The second-order valence-corrected chi connectivity index (χ2v) is 11.1. The zero-order valence-corrected chi connectivity index (χ0v) is 23.0. The van der Waals surface area contributed by atoms with Crippen molar-refractivity contribution >= 4 is 23.3 Å². The van der Waals surface area contributed by atoms with Gasteiger partial charge in [0.15, 0.2) is 0 Å². The molecule has 0 unspecified atom stereocenters. The first kappa shape index (κ1) is 29.5. The van der Waals surface area contributed by atoms with E-state index in [-0.39, 0.29) is 11.7 Å². The number of aromatic nitrogens is 2. The fourth-order valence-corrected chi connectivity index (χ4v) is 6.16. The van der Waals surface area contributed by atoms with Gasteiger partial charge in [-0.2, -0.15) is 26.3 Å². The third-order valence-corrected chi connectivity index (χ3v) is 8.32. The van der Waals surface area contributed by atoms with E-state index in [4.69, 9.17) is 4.74 Å². The van der Waals surface area contributed by atoms with Gasteiger partial charge in [0.05, 0.1) is 30.0 Å². The molecule has 2 aliphatic heterocycles. The Labute approximate surface area is 238 Å². The van der Waals surface area contributed by atoms with Gasteiger partial charge in [0.1, 0.15) is 12.1 Å². The van der Waals surface area contributed by atoms with Crippen LogP contribution in [0.2, 0.25) is 0 Å². The SMILES string of the molecule is CN1CCC(Nc2ccccc2Sc2ccc(-c3cc(N4CCOCC4)ncn3)c(C(F)(F)F)c2C(F)(F)F)CC1. The molecule has 0 spiro atoms. The Morgan fingerprint density at radius 2 is 1.54 bits per heavy atom. The topological polar surface area (TPSA) is 53.5 Å². The van der Waals surface area contributed by atoms with Crippen molar-refractivity contribution in [1.82, 2.24) is 14.9 Å². The van der Waals surface area contributed by atoms with Crippen LogP contribution in [0.4, 0.5) is 37.8 Å². The number of likely N-dealkylation sites (tertiary alicyclic amines) is 1. The lowest BCUT2D eigenvalue weighted by Crippen LogP contribution is -2.36. The molecule has 0 saturated carbocycles.